The molecule has 0 aliphatic carbocycles. The summed E-state index contributed by atoms with van der Waals surface area (Å²) in [5.41, 5.74) is 1.33. The summed E-state index contributed by atoms with van der Waals surface area (Å²) in [5.74, 6) is 4.49. The molecule has 1 atom stereocenters. The Morgan fingerprint density at radius 3 is 2.45 bits per heavy atom. The van der Waals surface area contributed by atoms with Crippen LogP contribution in [0.4, 0.5) is 0 Å². The number of nitrogens with one attached hydrogen (secondary N) is 1. The van der Waals surface area contributed by atoms with Gasteiger partial charge in [-0.2, -0.15) is 0 Å². The lowest BCUT2D eigenvalue weighted by Gasteiger charge is -2.34. The van der Waals surface area contributed by atoms with E-state index >= 15 is 0 Å². The number of nitrogens with zero attached hydrogens (tertiary/aromatic N) is 1. The zero-order valence-electron chi connectivity index (χ0n) is 18.9. The van der Waals surface area contributed by atoms with E-state index < -0.39 is 0 Å². The monoisotopic (exact) mass is 462 g/mol. The van der Waals surface area contributed by atoms with E-state index in [9.17, 15) is 0 Å². The number of fused-ring (bicyclic) bond motifs is 1. The highest BCUT2D eigenvalue weighted by atomic mass is 32.2. The second-order valence-corrected chi connectivity index (χ2v) is 9.66. The fourth-order valence-corrected chi connectivity index (χ4v) is 5.25. The van der Waals surface area contributed by atoms with E-state index in [1.165, 1.54) is 23.3 Å². The van der Waals surface area contributed by atoms with Gasteiger partial charge < -0.3 is 19.1 Å². The van der Waals surface area contributed by atoms with Gasteiger partial charge in [-0.3, -0.25) is 4.72 Å². The molecule has 33 heavy (non-hydrogen) atoms. The van der Waals surface area contributed by atoms with Crippen LogP contribution < -0.4 is 18.9 Å². The first-order chi connectivity index (χ1) is 16.2. The molecule has 1 N–H and O–H groups in total. The zero-order chi connectivity index (χ0) is 22.5. The van der Waals surface area contributed by atoms with Gasteiger partial charge in [-0.1, -0.05) is 24.3 Å². The molecule has 0 spiro atoms. The number of para-hydroxylation sites is 1. The second kappa shape index (κ2) is 10.5. The van der Waals surface area contributed by atoms with Crippen molar-refractivity contribution in [3.05, 3.63) is 78.4 Å². The fourth-order valence-electron chi connectivity index (χ4n) is 4.55. The van der Waals surface area contributed by atoms with E-state index in [0.717, 1.165) is 42.6 Å². The predicted octanol–water partition coefficient (Wildman–Crippen LogP) is 5.93. The average Bonchev–Trinajstić information content (AvgIpc) is 3.32. The molecule has 0 radical (unpaired) electrons. The number of hydrogen-bond donors (Lipinski definition) is 1. The first-order valence-corrected chi connectivity index (χ1v) is 12.4. The third kappa shape index (κ3) is 5.64. The van der Waals surface area contributed by atoms with Crippen LogP contribution in [0.25, 0.3) is 0 Å². The molecule has 1 saturated heterocycles. The van der Waals surface area contributed by atoms with Crippen LogP contribution in [0.2, 0.25) is 0 Å². The van der Waals surface area contributed by atoms with Crippen LogP contribution in [0.3, 0.4) is 0 Å². The smallest absolute Gasteiger partial charge is 0.231 e. The lowest BCUT2D eigenvalue weighted by atomic mass is 9.80. The third-order valence-corrected chi connectivity index (χ3v) is 7.27. The molecule has 1 unspecified atom stereocenters. The highest BCUT2D eigenvalue weighted by Gasteiger charge is 2.28. The highest BCUT2D eigenvalue weighted by Crippen LogP contribution is 2.39. The summed E-state index contributed by atoms with van der Waals surface area (Å²) in [5, 5.41) is 0. The first kappa shape index (κ1) is 22.1. The van der Waals surface area contributed by atoms with Crippen LogP contribution >= 0.6 is 11.9 Å². The number of hydrogen-bond acceptors (Lipinski definition) is 6. The molecule has 5 nitrogen and oxygen atoms in total. The van der Waals surface area contributed by atoms with Crippen LogP contribution in [0, 0.1) is 5.92 Å². The number of ether oxygens (including phenoxy) is 3. The van der Waals surface area contributed by atoms with Crippen molar-refractivity contribution in [1.82, 2.24) is 9.62 Å². The van der Waals surface area contributed by atoms with Crippen molar-refractivity contribution in [2.45, 2.75) is 23.7 Å². The minimum absolute atomic E-state index is 0.315. The minimum Gasteiger partial charge on any atom is -0.457 e. The van der Waals surface area contributed by atoms with Crippen LogP contribution in [0.1, 0.15) is 24.3 Å². The van der Waals surface area contributed by atoms with Gasteiger partial charge in [-0.05, 0) is 105 Å². The van der Waals surface area contributed by atoms with Crippen molar-refractivity contribution in [3.8, 4) is 23.0 Å². The Morgan fingerprint density at radius 1 is 0.939 bits per heavy atom. The van der Waals surface area contributed by atoms with E-state index in [1.54, 1.807) is 11.9 Å². The summed E-state index contributed by atoms with van der Waals surface area (Å²) in [6.45, 7) is 3.53. The maximum absolute atomic E-state index is 5.90. The standard InChI is InChI=1S/C27H30N2O3S/c1-29-15-13-20(14-16-29)25(21-7-12-26-27(17-21)31-19-30-26)18-28-33-24-10-8-23(9-11-24)32-22-5-3-2-4-6-22/h2-12,17,20,25,28H,13-16,18-19H2,1H3. The van der Waals surface area contributed by atoms with Gasteiger partial charge in [0.15, 0.2) is 11.5 Å². The van der Waals surface area contributed by atoms with Crippen molar-refractivity contribution in [3.63, 3.8) is 0 Å². The molecule has 6 heteroatoms. The summed E-state index contributed by atoms with van der Waals surface area (Å²) in [6.07, 6.45) is 2.43. The molecule has 0 saturated carbocycles. The summed E-state index contributed by atoms with van der Waals surface area (Å²) in [7, 11) is 2.21. The minimum atomic E-state index is 0.315. The largest absolute Gasteiger partial charge is 0.457 e. The Balaban J connectivity index is 1.22. The van der Waals surface area contributed by atoms with Gasteiger partial charge in [0, 0.05) is 17.4 Å². The topological polar surface area (TPSA) is 43.0 Å². The molecule has 3 aromatic rings. The second-order valence-electron chi connectivity index (χ2n) is 8.70. The number of likely N-dealkylation sites (tertiary alicyclic amines) is 1. The summed E-state index contributed by atoms with van der Waals surface area (Å²) >= 11 is 1.68. The molecule has 3 aromatic carbocycles. The van der Waals surface area contributed by atoms with Crippen molar-refractivity contribution in [2.75, 3.05) is 33.5 Å². The van der Waals surface area contributed by atoms with Gasteiger partial charge >= 0.3 is 0 Å². The Morgan fingerprint density at radius 2 is 1.67 bits per heavy atom. The molecule has 1 fully saturated rings. The normalized spacial score (nSPS) is 17.1. The Kier molecular flexibility index (Phi) is 7.05. The van der Waals surface area contributed by atoms with Crippen LogP contribution in [0.5, 0.6) is 23.0 Å². The summed E-state index contributed by atoms with van der Waals surface area (Å²) < 4.78 is 20.7. The summed E-state index contributed by atoms with van der Waals surface area (Å²) in [6, 6.07) is 24.5. The molecule has 0 aromatic heterocycles. The Bertz CT molecular complexity index is 1040. The van der Waals surface area contributed by atoms with Gasteiger partial charge in [0.2, 0.25) is 6.79 Å². The molecule has 0 bridgehead atoms. The van der Waals surface area contributed by atoms with Gasteiger partial charge in [0.25, 0.3) is 0 Å². The SMILES string of the molecule is CN1CCC(C(CNSc2ccc(Oc3ccccc3)cc2)c2ccc3c(c2)OCO3)CC1. The molecule has 2 aliphatic rings. The zero-order valence-corrected chi connectivity index (χ0v) is 19.7. The van der Waals surface area contributed by atoms with E-state index in [-0.39, 0.29) is 0 Å². The van der Waals surface area contributed by atoms with Crippen molar-refractivity contribution < 1.29 is 14.2 Å². The molecule has 0 amide bonds. The van der Waals surface area contributed by atoms with Crippen molar-refractivity contribution in [2.24, 2.45) is 5.92 Å². The van der Waals surface area contributed by atoms with E-state index in [0.29, 0.717) is 18.6 Å². The predicted molar refractivity (Wildman–Crippen MR) is 132 cm³/mol. The molecule has 2 aliphatic heterocycles. The fraction of sp³-hybridized carbons (Fsp3) is 0.333. The average molecular weight is 463 g/mol. The third-order valence-electron chi connectivity index (χ3n) is 6.45. The molecular formula is C27H30N2O3S. The van der Waals surface area contributed by atoms with Crippen LogP contribution in [-0.2, 0) is 0 Å². The van der Waals surface area contributed by atoms with Crippen molar-refractivity contribution >= 4 is 11.9 Å². The van der Waals surface area contributed by atoms with Crippen molar-refractivity contribution in [1.29, 1.82) is 0 Å². The highest BCUT2D eigenvalue weighted by molar-refractivity contribution is 7.97. The number of rotatable bonds is 8. The van der Waals surface area contributed by atoms with E-state index in [1.807, 2.05) is 42.5 Å². The lowest BCUT2D eigenvalue weighted by Crippen LogP contribution is -2.35. The lowest BCUT2D eigenvalue weighted by molar-refractivity contribution is 0.173. The first-order valence-electron chi connectivity index (χ1n) is 11.6. The maximum Gasteiger partial charge on any atom is 0.231 e. The van der Waals surface area contributed by atoms with Gasteiger partial charge in [0.1, 0.15) is 11.5 Å². The molecule has 2 heterocycles. The quantitative estimate of drug-likeness (QED) is 0.419. The van der Waals surface area contributed by atoms with Crippen LogP contribution in [-0.4, -0.2) is 38.4 Å². The van der Waals surface area contributed by atoms with E-state index in [4.69, 9.17) is 14.2 Å². The number of piperidine rings is 1. The molecule has 172 valence electrons. The van der Waals surface area contributed by atoms with Crippen LogP contribution in [0.15, 0.2) is 77.7 Å². The maximum atomic E-state index is 5.90. The Hall–Kier alpha value is -2.67. The van der Waals surface area contributed by atoms with E-state index in [2.05, 4.69) is 47.0 Å². The van der Waals surface area contributed by atoms with Gasteiger partial charge in [-0.15, -0.1) is 0 Å². The molecule has 5 rings (SSSR count). The number of benzene rings is 3. The summed E-state index contributed by atoms with van der Waals surface area (Å²) in [4.78, 5) is 3.59. The molecular weight excluding hydrogens is 432 g/mol. The Labute approximate surface area is 200 Å². The van der Waals surface area contributed by atoms with Gasteiger partial charge in [-0.25, -0.2) is 0 Å². The van der Waals surface area contributed by atoms with Gasteiger partial charge in [0.05, 0.1) is 0 Å².